The number of halogens is 3. The van der Waals surface area contributed by atoms with E-state index in [1.165, 1.54) is 12.1 Å². The lowest BCUT2D eigenvalue weighted by atomic mass is 10.3. The molecule has 18 heavy (non-hydrogen) atoms. The second kappa shape index (κ2) is 5.92. The van der Waals surface area contributed by atoms with Crippen LogP contribution in [0.3, 0.4) is 0 Å². The first kappa shape index (κ1) is 13.7. The third-order valence-corrected chi connectivity index (χ3v) is 3.55. The van der Waals surface area contributed by atoms with Crippen molar-refractivity contribution in [2.45, 2.75) is 13.3 Å². The Bertz CT molecular complexity index is 577. The van der Waals surface area contributed by atoms with E-state index in [2.05, 4.69) is 53.8 Å². The Labute approximate surface area is 127 Å². The lowest BCUT2D eigenvalue weighted by molar-refractivity contribution is 0.627. The van der Waals surface area contributed by atoms with Crippen molar-refractivity contribution in [2.75, 3.05) is 5.32 Å². The van der Waals surface area contributed by atoms with E-state index in [1.807, 2.05) is 6.92 Å². The zero-order valence-electron chi connectivity index (χ0n) is 9.54. The standard InChI is InChI=1S/C12H10BrFIN3/c1-2-11-17-10(13)6-12(18-11)16-9-4-3-7(14)5-8(9)15/h3-6H,2H2,1H3,(H,16,17,18). The van der Waals surface area contributed by atoms with E-state index in [-0.39, 0.29) is 5.82 Å². The number of nitrogens with zero attached hydrogens (tertiary/aromatic N) is 2. The highest BCUT2D eigenvalue weighted by Crippen LogP contribution is 2.23. The second-order valence-corrected chi connectivity index (χ2v) is 5.57. The van der Waals surface area contributed by atoms with E-state index in [4.69, 9.17) is 0 Å². The molecule has 0 fully saturated rings. The highest BCUT2D eigenvalue weighted by Gasteiger charge is 2.05. The maximum atomic E-state index is 13.0. The summed E-state index contributed by atoms with van der Waals surface area (Å²) in [5, 5.41) is 3.16. The average molecular weight is 422 g/mol. The zero-order chi connectivity index (χ0) is 13.1. The molecule has 0 aliphatic carbocycles. The van der Waals surface area contributed by atoms with Gasteiger partial charge in [0, 0.05) is 16.1 Å². The summed E-state index contributed by atoms with van der Waals surface area (Å²) in [6.45, 7) is 1.99. The SMILES string of the molecule is CCc1nc(Br)cc(Nc2ccc(F)cc2I)n1. The van der Waals surface area contributed by atoms with E-state index in [9.17, 15) is 4.39 Å². The summed E-state index contributed by atoms with van der Waals surface area (Å²) in [5.74, 6) is 1.20. The number of aromatic nitrogens is 2. The Kier molecular flexibility index (Phi) is 4.50. The molecule has 1 N–H and O–H groups in total. The van der Waals surface area contributed by atoms with E-state index in [0.29, 0.717) is 5.82 Å². The van der Waals surface area contributed by atoms with E-state index in [0.717, 1.165) is 26.1 Å². The number of nitrogens with one attached hydrogen (secondary N) is 1. The van der Waals surface area contributed by atoms with Gasteiger partial charge >= 0.3 is 0 Å². The van der Waals surface area contributed by atoms with Crippen molar-refractivity contribution in [1.82, 2.24) is 9.97 Å². The highest BCUT2D eigenvalue weighted by molar-refractivity contribution is 14.1. The highest BCUT2D eigenvalue weighted by atomic mass is 127. The minimum atomic E-state index is -0.247. The molecule has 1 aromatic carbocycles. The third kappa shape index (κ3) is 3.38. The molecular weight excluding hydrogens is 412 g/mol. The first-order valence-corrected chi connectivity index (χ1v) is 7.21. The number of hydrogen-bond donors (Lipinski definition) is 1. The maximum Gasteiger partial charge on any atom is 0.135 e. The Morgan fingerprint density at radius 2 is 2.11 bits per heavy atom. The van der Waals surface area contributed by atoms with Crippen molar-refractivity contribution in [3.8, 4) is 0 Å². The van der Waals surface area contributed by atoms with Gasteiger partial charge in [0.25, 0.3) is 0 Å². The van der Waals surface area contributed by atoms with Gasteiger partial charge in [-0.3, -0.25) is 0 Å². The topological polar surface area (TPSA) is 37.8 Å². The number of rotatable bonds is 3. The summed E-state index contributed by atoms with van der Waals surface area (Å²) >= 11 is 5.43. The van der Waals surface area contributed by atoms with Crippen LogP contribution in [0.15, 0.2) is 28.9 Å². The smallest absolute Gasteiger partial charge is 0.135 e. The van der Waals surface area contributed by atoms with Gasteiger partial charge in [-0.05, 0) is 56.7 Å². The number of benzene rings is 1. The maximum absolute atomic E-state index is 13.0. The van der Waals surface area contributed by atoms with Crippen molar-refractivity contribution in [2.24, 2.45) is 0 Å². The predicted octanol–water partition coefficient (Wildman–Crippen LogP) is 4.29. The van der Waals surface area contributed by atoms with Crippen molar-refractivity contribution in [3.63, 3.8) is 0 Å². The summed E-state index contributed by atoms with van der Waals surface area (Å²) in [5.41, 5.74) is 0.824. The molecule has 3 nitrogen and oxygen atoms in total. The molecule has 1 heterocycles. The van der Waals surface area contributed by atoms with Gasteiger partial charge in [-0.2, -0.15) is 0 Å². The number of hydrogen-bond acceptors (Lipinski definition) is 3. The van der Waals surface area contributed by atoms with E-state index in [1.54, 1.807) is 12.1 Å². The van der Waals surface area contributed by atoms with Crippen LogP contribution in [0.4, 0.5) is 15.9 Å². The predicted molar refractivity (Wildman–Crippen MR) is 81.5 cm³/mol. The molecule has 6 heteroatoms. The Balaban J connectivity index is 2.30. The molecule has 0 unspecified atom stereocenters. The summed E-state index contributed by atoms with van der Waals surface area (Å²) < 4.78 is 14.5. The fraction of sp³-hybridized carbons (Fsp3) is 0.167. The Morgan fingerprint density at radius 1 is 1.33 bits per heavy atom. The van der Waals surface area contributed by atoms with Crippen LogP contribution in [0.1, 0.15) is 12.7 Å². The minimum absolute atomic E-state index is 0.247. The quantitative estimate of drug-likeness (QED) is 0.593. The van der Waals surface area contributed by atoms with E-state index >= 15 is 0 Å². The summed E-state index contributed by atoms with van der Waals surface area (Å²) in [6.07, 6.45) is 0.759. The molecule has 0 aliphatic heterocycles. The Morgan fingerprint density at radius 3 is 2.78 bits per heavy atom. The van der Waals surface area contributed by atoms with Gasteiger partial charge in [0.1, 0.15) is 22.1 Å². The number of aryl methyl sites for hydroxylation is 1. The summed E-state index contributed by atoms with van der Waals surface area (Å²) in [7, 11) is 0. The van der Waals surface area contributed by atoms with Gasteiger partial charge in [0.05, 0.1) is 5.69 Å². The van der Waals surface area contributed by atoms with Gasteiger partial charge < -0.3 is 5.32 Å². The molecule has 0 aliphatic rings. The van der Waals surface area contributed by atoms with Gasteiger partial charge in [-0.1, -0.05) is 6.92 Å². The van der Waals surface area contributed by atoms with Crippen LogP contribution in [0.2, 0.25) is 0 Å². The molecule has 2 aromatic rings. The molecule has 0 radical (unpaired) electrons. The Hall–Kier alpha value is -0.760. The molecule has 0 amide bonds. The largest absolute Gasteiger partial charge is 0.339 e. The van der Waals surface area contributed by atoms with Crippen molar-refractivity contribution in [3.05, 3.63) is 44.1 Å². The van der Waals surface area contributed by atoms with Crippen molar-refractivity contribution in [1.29, 1.82) is 0 Å². The first-order chi connectivity index (χ1) is 8.58. The van der Waals surface area contributed by atoms with Gasteiger partial charge in [0.15, 0.2) is 0 Å². The van der Waals surface area contributed by atoms with Crippen LogP contribution in [0, 0.1) is 9.39 Å². The normalized spacial score (nSPS) is 10.4. The fourth-order valence-corrected chi connectivity index (χ4v) is 2.45. The van der Waals surface area contributed by atoms with Crippen LogP contribution in [0.25, 0.3) is 0 Å². The summed E-state index contributed by atoms with van der Waals surface area (Å²) in [6, 6.07) is 6.37. The van der Waals surface area contributed by atoms with Crippen molar-refractivity contribution < 1.29 is 4.39 Å². The van der Waals surface area contributed by atoms with Crippen LogP contribution in [0.5, 0.6) is 0 Å². The van der Waals surface area contributed by atoms with Gasteiger partial charge in [0.2, 0.25) is 0 Å². The molecule has 1 aromatic heterocycles. The molecule has 2 rings (SSSR count). The summed E-state index contributed by atoms with van der Waals surface area (Å²) in [4.78, 5) is 8.60. The van der Waals surface area contributed by atoms with E-state index < -0.39 is 0 Å². The number of anilines is 2. The lowest BCUT2D eigenvalue weighted by Gasteiger charge is -2.09. The van der Waals surface area contributed by atoms with Crippen LogP contribution >= 0.6 is 38.5 Å². The first-order valence-electron chi connectivity index (χ1n) is 5.34. The molecule has 0 saturated heterocycles. The van der Waals surface area contributed by atoms with Crippen LogP contribution in [-0.2, 0) is 6.42 Å². The van der Waals surface area contributed by atoms with Crippen LogP contribution < -0.4 is 5.32 Å². The monoisotopic (exact) mass is 421 g/mol. The fourth-order valence-electron chi connectivity index (χ4n) is 1.42. The van der Waals surface area contributed by atoms with Gasteiger partial charge in [-0.25, -0.2) is 14.4 Å². The molecule has 94 valence electrons. The van der Waals surface area contributed by atoms with Crippen molar-refractivity contribution >= 4 is 50.0 Å². The lowest BCUT2D eigenvalue weighted by Crippen LogP contribution is -2.01. The molecule has 0 atom stereocenters. The zero-order valence-corrected chi connectivity index (χ0v) is 13.3. The molecule has 0 bridgehead atoms. The average Bonchev–Trinajstić information content (AvgIpc) is 2.32. The third-order valence-electron chi connectivity index (χ3n) is 2.25. The van der Waals surface area contributed by atoms with Gasteiger partial charge in [-0.15, -0.1) is 0 Å². The van der Waals surface area contributed by atoms with Crippen LogP contribution in [-0.4, -0.2) is 9.97 Å². The minimum Gasteiger partial charge on any atom is -0.339 e. The molecule has 0 spiro atoms. The molecule has 0 saturated carbocycles. The molecular formula is C12H10BrFIN3. The second-order valence-electron chi connectivity index (χ2n) is 3.59.